The van der Waals surface area contributed by atoms with E-state index >= 15 is 0 Å². The first-order valence-corrected chi connectivity index (χ1v) is 3.56. The molecule has 69 valence electrons. The summed E-state index contributed by atoms with van der Waals surface area (Å²) in [6, 6.07) is 9.24. The van der Waals surface area contributed by atoms with E-state index in [0.717, 1.165) is 12.0 Å². The molecule has 0 bridgehead atoms. The number of carbonyl (C=O) groups excluding carboxylic acids is 1. The van der Waals surface area contributed by atoms with E-state index < -0.39 is 0 Å². The molecular weight excluding hydrogens is 171 g/mol. The van der Waals surface area contributed by atoms with Crippen LogP contribution < -0.4 is 4.74 Å². The zero-order valence-corrected chi connectivity index (χ0v) is 6.96. The zero-order chi connectivity index (χ0) is 9.94. The lowest BCUT2D eigenvalue weighted by molar-refractivity contribution is -0.109. The molecule has 13 heavy (non-hydrogen) atoms. The van der Waals surface area contributed by atoms with Crippen molar-refractivity contribution in [1.82, 2.24) is 0 Å². The molecule has 1 aromatic carbocycles. The Bertz CT molecular complexity index is 215. The van der Waals surface area contributed by atoms with Crippen LogP contribution in [0, 0.1) is 0 Å². The maximum atomic E-state index is 9.85. The third-order valence-electron chi connectivity index (χ3n) is 1.06. The summed E-state index contributed by atoms with van der Waals surface area (Å²) in [4.78, 5) is 9.85. The van der Waals surface area contributed by atoms with Crippen LogP contribution in [0.3, 0.4) is 0 Å². The number of ether oxygens (including phenoxy) is 1. The molecule has 0 heterocycles. The van der Waals surface area contributed by atoms with Crippen molar-refractivity contribution in [2.45, 2.75) is 0 Å². The Kier molecular flexibility index (Phi) is 7.87. The van der Waals surface area contributed by atoms with Crippen molar-refractivity contribution >= 4 is 14.0 Å². The molecule has 0 aliphatic rings. The highest BCUT2D eigenvalue weighted by molar-refractivity contribution is 6.13. The van der Waals surface area contributed by atoms with Crippen LogP contribution in [-0.2, 0) is 4.79 Å². The lowest BCUT2D eigenvalue weighted by Gasteiger charge is -1.98. The van der Waals surface area contributed by atoms with Gasteiger partial charge in [0.2, 0.25) is 0 Å². The van der Waals surface area contributed by atoms with Crippen LogP contribution in [0.25, 0.3) is 0 Å². The van der Waals surface area contributed by atoms with Crippen LogP contribution in [0.4, 0.5) is 0 Å². The number of para-hydroxylation sites is 1. The van der Waals surface area contributed by atoms with Crippen molar-refractivity contribution in [2.24, 2.45) is 0 Å². The number of rotatable bonds is 3. The predicted molar refractivity (Wildman–Crippen MR) is 48.2 cm³/mol. The fourth-order valence-corrected chi connectivity index (χ4v) is 0.647. The molecule has 2 N–H and O–H groups in total. The van der Waals surface area contributed by atoms with Crippen LogP contribution in [-0.4, -0.2) is 30.6 Å². The first kappa shape index (κ1) is 11.7. The van der Waals surface area contributed by atoms with Gasteiger partial charge in [0.25, 0.3) is 0 Å². The molecule has 0 spiro atoms. The summed E-state index contributed by atoms with van der Waals surface area (Å²) in [6.45, 7) is 0.129. The van der Waals surface area contributed by atoms with Crippen LogP contribution in [0.2, 0.25) is 0 Å². The van der Waals surface area contributed by atoms with E-state index in [1.165, 1.54) is 0 Å². The lowest BCUT2D eigenvalue weighted by atomic mass is 10.3. The normalized spacial score (nSPS) is 7.85. The third-order valence-corrected chi connectivity index (χ3v) is 1.06. The quantitative estimate of drug-likeness (QED) is 0.499. The summed E-state index contributed by atoms with van der Waals surface area (Å²) >= 11 is 0. The number of hydrogen-bond acceptors (Lipinski definition) is 4. The molecule has 0 atom stereocenters. The van der Waals surface area contributed by atoms with Gasteiger partial charge >= 0.3 is 7.69 Å². The van der Waals surface area contributed by atoms with Gasteiger partial charge in [-0.1, -0.05) is 18.2 Å². The second kappa shape index (κ2) is 8.77. The average molecular weight is 181 g/mol. The fraction of sp³-hybridized carbons (Fsp3) is 0.125. The van der Waals surface area contributed by atoms with Crippen LogP contribution in [0.1, 0.15) is 0 Å². The molecule has 0 saturated heterocycles. The van der Waals surface area contributed by atoms with E-state index in [1.54, 1.807) is 0 Å². The second-order valence-corrected chi connectivity index (χ2v) is 1.91. The van der Waals surface area contributed by atoms with Crippen molar-refractivity contribution in [3.8, 4) is 5.75 Å². The van der Waals surface area contributed by atoms with Gasteiger partial charge in [-0.25, -0.2) is 0 Å². The fourth-order valence-electron chi connectivity index (χ4n) is 0.647. The van der Waals surface area contributed by atoms with E-state index in [1.807, 2.05) is 30.3 Å². The Morgan fingerprint density at radius 1 is 1.31 bits per heavy atom. The molecular formula is C8H10BO4. The Morgan fingerprint density at radius 2 is 1.85 bits per heavy atom. The standard InChI is InChI=1S/C8H8O2.BH2O2/c9-6-7-10-8-4-2-1-3-5-8;2-1-3/h1-6H,7H2;2-3H. The number of aldehydes is 1. The minimum atomic E-state index is 0. The average Bonchev–Trinajstić information content (AvgIpc) is 2.18. The zero-order valence-electron chi connectivity index (χ0n) is 6.96. The Balaban J connectivity index is 0.000000424. The van der Waals surface area contributed by atoms with Crippen molar-refractivity contribution < 1.29 is 19.6 Å². The summed E-state index contributed by atoms with van der Waals surface area (Å²) in [6.07, 6.45) is 0.729. The Morgan fingerprint density at radius 3 is 2.31 bits per heavy atom. The van der Waals surface area contributed by atoms with Gasteiger partial charge in [-0.15, -0.1) is 0 Å². The number of hydrogen-bond donors (Lipinski definition) is 2. The van der Waals surface area contributed by atoms with E-state index in [2.05, 4.69) is 0 Å². The summed E-state index contributed by atoms with van der Waals surface area (Å²) in [5, 5.41) is 14.0. The predicted octanol–water partition coefficient (Wildman–Crippen LogP) is -0.231. The van der Waals surface area contributed by atoms with Crippen LogP contribution in [0.5, 0.6) is 5.75 Å². The summed E-state index contributed by atoms with van der Waals surface area (Å²) in [7, 11) is 0. The molecule has 0 aliphatic carbocycles. The van der Waals surface area contributed by atoms with Crippen LogP contribution >= 0.6 is 0 Å². The highest BCUT2D eigenvalue weighted by Crippen LogP contribution is 2.06. The molecule has 0 fully saturated rings. The summed E-state index contributed by atoms with van der Waals surface area (Å²) in [5.74, 6) is 0.731. The molecule has 0 saturated carbocycles. The minimum absolute atomic E-state index is 0. The molecule has 0 unspecified atom stereocenters. The first-order valence-electron chi connectivity index (χ1n) is 3.56. The van der Waals surface area contributed by atoms with Gasteiger partial charge in [-0.05, 0) is 12.1 Å². The van der Waals surface area contributed by atoms with Gasteiger partial charge < -0.3 is 14.8 Å². The smallest absolute Gasteiger partial charge is 0.482 e. The molecule has 0 amide bonds. The van der Waals surface area contributed by atoms with Gasteiger partial charge in [-0.3, -0.25) is 4.79 Å². The van der Waals surface area contributed by atoms with Gasteiger partial charge in [0.05, 0.1) is 0 Å². The topological polar surface area (TPSA) is 66.8 Å². The van der Waals surface area contributed by atoms with Gasteiger partial charge in [0, 0.05) is 0 Å². The number of benzene rings is 1. The van der Waals surface area contributed by atoms with Gasteiger partial charge in [0.1, 0.15) is 12.4 Å². The molecule has 1 aromatic rings. The van der Waals surface area contributed by atoms with E-state index in [-0.39, 0.29) is 14.3 Å². The molecule has 0 aromatic heterocycles. The Hall–Kier alpha value is -1.33. The highest BCUT2D eigenvalue weighted by atomic mass is 16.5. The van der Waals surface area contributed by atoms with Gasteiger partial charge in [0.15, 0.2) is 6.29 Å². The number of carbonyl (C=O) groups is 1. The monoisotopic (exact) mass is 181 g/mol. The first-order chi connectivity index (χ1) is 6.35. The van der Waals surface area contributed by atoms with Gasteiger partial charge in [-0.2, -0.15) is 0 Å². The van der Waals surface area contributed by atoms with Crippen molar-refractivity contribution in [3.05, 3.63) is 30.3 Å². The SMILES string of the molecule is O=CCOc1ccccc1.O[B]O. The molecule has 1 radical (unpaired) electrons. The molecule has 5 heteroatoms. The largest absolute Gasteiger partial charge is 0.486 e. The maximum absolute atomic E-state index is 9.85. The molecule has 1 rings (SSSR count). The summed E-state index contributed by atoms with van der Waals surface area (Å²) < 4.78 is 4.99. The minimum Gasteiger partial charge on any atom is -0.486 e. The van der Waals surface area contributed by atoms with Crippen molar-refractivity contribution in [3.63, 3.8) is 0 Å². The molecule has 0 aliphatic heterocycles. The van der Waals surface area contributed by atoms with Crippen molar-refractivity contribution in [1.29, 1.82) is 0 Å². The maximum Gasteiger partial charge on any atom is 0.482 e. The lowest BCUT2D eigenvalue weighted by Crippen LogP contribution is -1.96. The Labute approximate surface area is 77.1 Å². The second-order valence-electron chi connectivity index (χ2n) is 1.91. The van der Waals surface area contributed by atoms with E-state index in [0.29, 0.717) is 0 Å². The molecule has 4 nitrogen and oxygen atoms in total. The van der Waals surface area contributed by atoms with Crippen molar-refractivity contribution in [2.75, 3.05) is 6.61 Å². The highest BCUT2D eigenvalue weighted by Gasteiger charge is 1.86. The third kappa shape index (κ3) is 7.05. The van der Waals surface area contributed by atoms with E-state index in [4.69, 9.17) is 14.8 Å². The summed E-state index contributed by atoms with van der Waals surface area (Å²) in [5.41, 5.74) is 0. The van der Waals surface area contributed by atoms with E-state index in [9.17, 15) is 4.79 Å². The van der Waals surface area contributed by atoms with Crippen LogP contribution in [0.15, 0.2) is 30.3 Å².